The van der Waals surface area contributed by atoms with Crippen LogP contribution in [-0.2, 0) is 22.5 Å². The largest absolute Gasteiger partial charge is 0.494 e. The number of aromatic nitrogens is 4. The van der Waals surface area contributed by atoms with Crippen LogP contribution in [0.2, 0.25) is 0 Å². The summed E-state index contributed by atoms with van der Waals surface area (Å²) >= 11 is 3.20. The molecule has 334 valence electrons. The molecule has 0 unspecified atom stereocenters. The SMILES string of the molecule is Brc1ccccn1.Cc1ccc(O[C@H]2CCN(c3ccc(-c4ccccn4)cc3CO)C2)nc1.Cc1ccc(O[C@H]2CCN(c3ccc(B4OC(C)(C)C(C)(C)O4)cc3CO)C2)nc1. The zero-order valence-corrected chi connectivity index (χ0v) is 39.1. The van der Waals surface area contributed by atoms with Gasteiger partial charge in [0.2, 0.25) is 11.8 Å². The van der Waals surface area contributed by atoms with Crippen molar-refractivity contribution in [3.8, 4) is 23.0 Å². The van der Waals surface area contributed by atoms with E-state index in [4.69, 9.17) is 18.8 Å². The molecule has 0 spiro atoms. The molecule has 0 aliphatic carbocycles. The smallest absolute Gasteiger partial charge is 0.472 e. The fourth-order valence-corrected chi connectivity index (χ4v) is 7.97. The number of aliphatic hydroxyl groups excluding tert-OH is 2. The Hall–Kier alpha value is -5.38. The number of nitrogens with zero attached hydrogens (tertiary/aromatic N) is 6. The van der Waals surface area contributed by atoms with E-state index in [1.54, 1.807) is 12.4 Å². The molecule has 0 radical (unpaired) electrons. The van der Waals surface area contributed by atoms with E-state index in [9.17, 15) is 10.2 Å². The number of anilines is 2. The zero-order chi connectivity index (χ0) is 45.3. The average molecular weight is 930 g/mol. The second-order valence-corrected chi connectivity index (χ2v) is 18.1. The van der Waals surface area contributed by atoms with E-state index < -0.39 is 7.12 Å². The predicted molar refractivity (Wildman–Crippen MR) is 256 cm³/mol. The summed E-state index contributed by atoms with van der Waals surface area (Å²) in [6.07, 6.45) is 9.19. The first-order valence-corrected chi connectivity index (χ1v) is 22.6. The Morgan fingerprint density at radius 3 is 1.64 bits per heavy atom. The molecule has 12 nitrogen and oxygen atoms in total. The van der Waals surface area contributed by atoms with Crippen molar-refractivity contribution in [2.75, 3.05) is 36.0 Å². The van der Waals surface area contributed by atoms with Gasteiger partial charge in [-0.05, 0) is 117 Å². The van der Waals surface area contributed by atoms with Gasteiger partial charge in [0.1, 0.15) is 16.8 Å². The van der Waals surface area contributed by atoms with Crippen molar-refractivity contribution >= 4 is 39.9 Å². The molecule has 2 atom stereocenters. The molecule has 2 N–H and O–H groups in total. The molecule has 3 aliphatic rings. The minimum atomic E-state index is -0.434. The van der Waals surface area contributed by atoms with Crippen molar-refractivity contribution in [3.05, 3.63) is 149 Å². The quantitative estimate of drug-likeness (QED) is 0.101. The molecule has 4 aromatic heterocycles. The molecule has 3 saturated heterocycles. The van der Waals surface area contributed by atoms with E-state index in [2.05, 4.69) is 63.9 Å². The summed E-state index contributed by atoms with van der Waals surface area (Å²) in [7, 11) is -0.434. The number of hydrogen-bond donors (Lipinski definition) is 2. The standard InChI is InChI=1S/C23H31BN2O4.C22H23N3O2.C5H4BrN/c1-16-6-9-21(25-13-16)28-19-10-11-26(14-19)20-8-7-18(12-17(20)15-27)24-29-22(2,3)23(4,5)30-24;1-16-5-8-22(24-13-16)27-19-9-11-25(14-19)21-7-6-17(12-18(21)15-26)20-4-2-3-10-23-20;6-5-3-1-2-4-7-5/h6-9,12-13,19,27H,10-11,14-15H2,1-5H3;2-8,10,12-13,19,26H,9,11,14-15H2,1H3;1-4H/t2*19-;/m00./s1. The molecule has 0 saturated carbocycles. The molecule has 6 aromatic rings. The van der Waals surface area contributed by atoms with Gasteiger partial charge in [0, 0.05) is 90.9 Å². The van der Waals surface area contributed by atoms with Crippen LogP contribution in [0, 0.1) is 13.8 Å². The summed E-state index contributed by atoms with van der Waals surface area (Å²) in [5.41, 5.74) is 8.17. The van der Waals surface area contributed by atoms with Crippen LogP contribution in [0.25, 0.3) is 11.3 Å². The van der Waals surface area contributed by atoms with Gasteiger partial charge in [0.25, 0.3) is 0 Å². The second-order valence-electron chi connectivity index (χ2n) is 17.3. The van der Waals surface area contributed by atoms with Gasteiger partial charge in [-0.25, -0.2) is 15.0 Å². The summed E-state index contributed by atoms with van der Waals surface area (Å²) < 4.78 is 25.3. The number of aryl methyl sites for hydroxylation is 2. The van der Waals surface area contributed by atoms with Crippen molar-refractivity contribution < 1.29 is 29.0 Å². The maximum atomic E-state index is 10.0. The molecular weight excluding hydrogens is 871 g/mol. The van der Waals surface area contributed by atoms with E-state index in [0.29, 0.717) is 11.8 Å². The van der Waals surface area contributed by atoms with Gasteiger partial charge in [-0.1, -0.05) is 42.5 Å². The lowest BCUT2D eigenvalue weighted by Gasteiger charge is -2.32. The van der Waals surface area contributed by atoms with Crippen molar-refractivity contribution in [3.63, 3.8) is 0 Å². The number of ether oxygens (including phenoxy) is 2. The van der Waals surface area contributed by atoms with Crippen molar-refractivity contribution in [1.29, 1.82) is 0 Å². The van der Waals surface area contributed by atoms with Gasteiger partial charge in [-0.2, -0.15) is 0 Å². The predicted octanol–water partition coefficient (Wildman–Crippen LogP) is 8.29. The van der Waals surface area contributed by atoms with E-state index in [0.717, 1.165) is 94.0 Å². The van der Waals surface area contributed by atoms with E-state index in [1.165, 1.54) is 0 Å². The van der Waals surface area contributed by atoms with Gasteiger partial charge in [-0.15, -0.1) is 0 Å². The molecule has 7 heterocycles. The van der Waals surface area contributed by atoms with Gasteiger partial charge < -0.3 is 38.8 Å². The molecule has 3 aliphatic heterocycles. The zero-order valence-electron chi connectivity index (χ0n) is 37.5. The molecule has 0 amide bonds. The Morgan fingerprint density at radius 1 is 0.656 bits per heavy atom. The van der Waals surface area contributed by atoms with Crippen LogP contribution in [0.1, 0.15) is 62.8 Å². The Kier molecular flexibility index (Phi) is 15.4. The highest BCUT2D eigenvalue weighted by Crippen LogP contribution is 2.37. The van der Waals surface area contributed by atoms with Gasteiger partial charge >= 0.3 is 7.12 Å². The molecule has 64 heavy (non-hydrogen) atoms. The van der Waals surface area contributed by atoms with E-state index in [1.807, 2.05) is 133 Å². The number of halogens is 1. The van der Waals surface area contributed by atoms with Gasteiger partial charge in [0.15, 0.2) is 0 Å². The minimum absolute atomic E-state index is 0.00243. The maximum absolute atomic E-state index is 10.0. The van der Waals surface area contributed by atoms with E-state index >= 15 is 0 Å². The number of pyridine rings is 4. The highest BCUT2D eigenvalue weighted by Gasteiger charge is 2.51. The summed E-state index contributed by atoms with van der Waals surface area (Å²) in [6, 6.07) is 31.6. The van der Waals surface area contributed by atoms with E-state index in [-0.39, 0.29) is 36.6 Å². The molecule has 9 rings (SSSR count). The lowest BCUT2D eigenvalue weighted by atomic mass is 9.78. The fourth-order valence-electron chi connectivity index (χ4n) is 7.70. The highest BCUT2D eigenvalue weighted by molar-refractivity contribution is 9.10. The van der Waals surface area contributed by atoms with Crippen molar-refractivity contribution in [2.45, 2.75) is 91.0 Å². The van der Waals surface area contributed by atoms with Crippen LogP contribution in [0.3, 0.4) is 0 Å². The average Bonchev–Trinajstić information content (AvgIpc) is 4.03. The Balaban J connectivity index is 0.000000167. The Morgan fingerprint density at radius 2 is 1.19 bits per heavy atom. The van der Waals surface area contributed by atoms with Crippen LogP contribution < -0.4 is 24.7 Å². The summed E-state index contributed by atoms with van der Waals surface area (Å²) in [5, 5.41) is 19.9. The first-order chi connectivity index (χ1) is 30.8. The summed E-state index contributed by atoms with van der Waals surface area (Å²) in [6.45, 7) is 15.5. The van der Waals surface area contributed by atoms with Crippen LogP contribution in [-0.4, -0.2) is 86.9 Å². The maximum Gasteiger partial charge on any atom is 0.494 e. The summed E-state index contributed by atoms with van der Waals surface area (Å²) in [5.74, 6) is 1.33. The number of benzene rings is 2. The molecular formula is C50H58BBrN6O6. The highest BCUT2D eigenvalue weighted by atomic mass is 79.9. The molecule has 14 heteroatoms. The summed E-state index contributed by atoms with van der Waals surface area (Å²) in [4.78, 5) is 21.5. The first kappa shape index (κ1) is 46.6. The number of aliphatic hydroxyl groups is 2. The van der Waals surface area contributed by atoms with Crippen molar-refractivity contribution in [1.82, 2.24) is 19.9 Å². The topological polar surface area (TPSA) is 135 Å². The minimum Gasteiger partial charge on any atom is -0.472 e. The number of rotatable bonds is 10. The Bertz CT molecular complexity index is 2400. The molecule has 2 aromatic carbocycles. The lowest BCUT2D eigenvalue weighted by Crippen LogP contribution is -2.41. The van der Waals surface area contributed by atoms with Crippen LogP contribution >= 0.6 is 15.9 Å². The third-order valence-electron chi connectivity index (χ3n) is 12.0. The third-order valence-corrected chi connectivity index (χ3v) is 12.4. The van der Waals surface area contributed by atoms with Gasteiger partial charge in [0.05, 0.1) is 43.2 Å². The third kappa shape index (κ3) is 11.8. The fraction of sp³-hybridized carbons (Fsp3) is 0.360. The second kappa shape index (κ2) is 21.1. The normalized spacial score (nSPS) is 18.5. The molecule has 0 bridgehead atoms. The first-order valence-electron chi connectivity index (χ1n) is 21.8. The monoisotopic (exact) mass is 928 g/mol. The van der Waals surface area contributed by atoms with Gasteiger partial charge in [-0.3, -0.25) is 4.98 Å². The van der Waals surface area contributed by atoms with Crippen LogP contribution in [0.4, 0.5) is 11.4 Å². The van der Waals surface area contributed by atoms with Crippen LogP contribution in [0.15, 0.2) is 126 Å². The van der Waals surface area contributed by atoms with Crippen LogP contribution in [0.5, 0.6) is 11.8 Å². The number of hydrogen-bond acceptors (Lipinski definition) is 12. The van der Waals surface area contributed by atoms with Crippen molar-refractivity contribution in [2.24, 2.45) is 0 Å². The Labute approximate surface area is 385 Å². The lowest BCUT2D eigenvalue weighted by molar-refractivity contribution is 0.00578. The molecule has 3 fully saturated rings.